The first-order chi connectivity index (χ1) is 8.19. The summed E-state index contributed by atoms with van der Waals surface area (Å²) in [7, 11) is 0. The molecule has 0 amide bonds. The van der Waals surface area contributed by atoms with Crippen LogP contribution in [0.2, 0.25) is 4.34 Å². The summed E-state index contributed by atoms with van der Waals surface area (Å²) in [6.45, 7) is 7.84. The summed E-state index contributed by atoms with van der Waals surface area (Å²) >= 11 is 7.67. The molecule has 0 bridgehead atoms. The predicted octanol–water partition coefficient (Wildman–Crippen LogP) is 3.36. The van der Waals surface area contributed by atoms with Gasteiger partial charge < -0.3 is 5.32 Å². The van der Waals surface area contributed by atoms with Crippen molar-refractivity contribution in [1.29, 1.82) is 0 Å². The summed E-state index contributed by atoms with van der Waals surface area (Å²) in [6.07, 6.45) is 2.52. The van der Waals surface area contributed by atoms with Crippen molar-refractivity contribution in [1.82, 2.24) is 10.2 Å². The van der Waals surface area contributed by atoms with E-state index in [-0.39, 0.29) is 0 Å². The van der Waals surface area contributed by atoms with E-state index in [1.54, 1.807) is 11.3 Å². The molecule has 96 valence electrons. The van der Waals surface area contributed by atoms with Crippen LogP contribution in [-0.2, 0) is 6.54 Å². The average molecular weight is 273 g/mol. The van der Waals surface area contributed by atoms with Gasteiger partial charge in [0.05, 0.1) is 4.34 Å². The van der Waals surface area contributed by atoms with Crippen LogP contribution in [0.1, 0.15) is 31.6 Å². The normalized spacial score (nSPS) is 26.3. The molecule has 2 nitrogen and oxygen atoms in total. The molecular weight excluding hydrogens is 252 g/mol. The largest absolute Gasteiger partial charge is 0.314 e. The first-order valence-corrected chi connectivity index (χ1v) is 7.60. The maximum atomic E-state index is 5.97. The van der Waals surface area contributed by atoms with Crippen molar-refractivity contribution in [3.05, 3.63) is 21.3 Å². The highest BCUT2D eigenvalue weighted by Gasteiger charge is 2.24. The van der Waals surface area contributed by atoms with Crippen LogP contribution >= 0.6 is 22.9 Å². The number of nitrogens with zero attached hydrogens (tertiary/aromatic N) is 1. The van der Waals surface area contributed by atoms with Gasteiger partial charge in [0.15, 0.2) is 0 Å². The SMILES string of the molecule is CCNC1CCN(Cc2ccc(Cl)s2)C(C)C1. The molecular formula is C13H21ClN2S. The third-order valence-electron chi connectivity index (χ3n) is 3.49. The molecule has 2 unspecified atom stereocenters. The Labute approximate surface area is 113 Å². The third-order valence-corrected chi connectivity index (χ3v) is 4.71. The maximum Gasteiger partial charge on any atom is 0.0931 e. The lowest BCUT2D eigenvalue weighted by atomic mass is 9.98. The number of piperidine rings is 1. The molecule has 2 heterocycles. The van der Waals surface area contributed by atoms with Gasteiger partial charge in [-0.1, -0.05) is 18.5 Å². The Kier molecular flexibility index (Phi) is 4.86. The van der Waals surface area contributed by atoms with E-state index in [4.69, 9.17) is 11.6 Å². The minimum atomic E-state index is 0.661. The van der Waals surface area contributed by atoms with Crippen LogP contribution in [0.3, 0.4) is 0 Å². The van der Waals surface area contributed by atoms with Crippen molar-refractivity contribution in [3.8, 4) is 0 Å². The van der Waals surface area contributed by atoms with Gasteiger partial charge in [0.2, 0.25) is 0 Å². The number of likely N-dealkylation sites (tertiary alicyclic amines) is 1. The van der Waals surface area contributed by atoms with Crippen LogP contribution in [0.25, 0.3) is 0 Å². The quantitative estimate of drug-likeness (QED) is 0.904. The van der Waals surface area contributed by atoms with Crippen LogP contribution in [0.15, 0.2) is 12.1 Å². The number of halogens is 1. The van der Waals surface area contributed by atoms with Gasteiger partial charge >= 0.3 is 0 Å². The fourth-order valence-corrected chi connectivity index (χ4v) is 3.68. The summed E-state index contributed by atoms with van der Waals surface area (Å²) in [4.78, 5) is 3.94. The van der Waals surface area contributed by atoms with Crippen LogP contribution in [0, 0.1) is 0 Å². The Morgan fingerprint density at radius 1 is 1.53 bits per heavy atom. The third kappa shape index (κ3) is 3.68. The van der Waals surface area contributed by atoms with Crippen molar-refractivity contribution in [3.63, 3.8) is 0 Å². The first kappa shape index (κ1) is 13.3. The second-order valence-corrected chi connectivity index (χ2v) is 6.60. The molecule has 1 aromatic heterocycles. The molecule has 0 saturated carbocycles. The van der Waals surface area contributed by atoms with Gasteiger partial charge in [-0.05, 0) is 38.4 Å². The summed E-state index contributed by atoms with van der Waals surface area (Å²) in [6, 6.07) is 5.51. The van der Waals surface area contributed by atoms with Crippen molar-refractivity contribution in [2.24, 2.45) is 0 Å². The van der Waals surface area contributed by atoms with Crippen molar-refractivity contribution < 1.29 is 0 Å². The van der Waals surface area contributed by atoms with Crippen LogP contribution in [0.4, 0.5) is 0 Å². The van der Waals surface area contributed by atoms with Gasteiger partial charge in [-0.2, -0.15) is 0 Å². The molecule has 0 aliphatic carbocycles. The Morgan fingerprint density at radius 2 is 2.35 bits per heavy atom. The van der Waals surface area contributed by atoms with Crippen LogP contribution in [0.5, 0.6) is 0 Å². The summed E-state index contributed by atoms with van der Waals surface area (Å²) in [5.74, 6) is 0. The average Bonchev–Trinajstić information content (AvgIpc) is 2.69. The molecule has 1 aliphatic heterocycles. The number of thiophene rings is 1. The van der Waals surface area contributed by atoms with Gasteiger partial charge in [0.1, 0.15) is 0 Å². The van der Waals surface area contributed by atoms with Crippen LogP contribution < -0.4 is 5.32 Å². The van der Waals surface area contributed by atoms with Crippen LogP contribution in [-0.4, -0.2) is 30.1 Å². The number of rotatable bonds is 4. The minimum absolute atomic E-state index is 0.661. The van der Waals surface area contributed by atoms with E-state index in [1.807, 2.05) is 6.07 Å². The van der Waals surface area contributed by atoms with Gasteiger partial charge in [-0.15, -0.1) is 11.3 Å². The zero-order valence-corrected chi connectivity index (χ0v) is 12.2. The highest BCUT2D eigenvalue weighted by molar-refractivity contribution is 7.16. The fourth-order valence-electron chi connectivity index (χ4n) is 2.57. The highest BCUT2D eigenvalue weighted by Crippen LogP contribution is 2.25. The molecule has 1 saturated heterocycles. The molecule has 4 heteroatoms. The zero-order valence-electron chi connectivity index (χ0n) is 10.6. The molecule has 1 aliphatic rings. The molecule has 0 radical (unpaired) electrons. The molecule has 1 fully saturated rings. The van der Waals surface area contributed by atoms with E-state index < -0.39 is 0 Å². The van der Waals surface area contributed by atoms with Gasteiger partial charge in [-0.3, -0.25) is 4.90 Å². The van der Waals surface area contributed by atoms with Crippen molar-refractivity contribution >= 4 is 22.9 Å². The predicted molar refractivity (Wildman–Crippen MR) is 75.9 cm³/mol. The lowest BCUT2D eigenvalue weighted by Crippen LogP contribution is -2.46. The van der Waals surface area contributed by atoms with E-state index in [1.165, 1.54) is 24.3 Å². The zero-order chi connectivity index (χ0) is 12.3. The number of hydrogen-bond donors (Lipinski definition) is 1. The lowest BCUT2D eigenvalue weighted by molar-refractivity contribution is 0.130. The fraction of sp³-hybridized carbons (Fsp3) is 0.692. The molecule has 1 N–H and O–H groups in total. The minimum Gasteiger partial charge on any atom is -0.314 e. The van der Waals surface area contributed by atoms with E-state index >= 15 is 0 Å². The Morgan fingerprint density at radius 3 is 2.94 bits per heavy atom. The topological polar surface area (TPSA) is 15.3 Å². The standard InChI is InChI=1S/C13H21ClN2S/c1-3-15-11-6-7-16(10(2)8-11)9-12-4-5-13(14)17-12/h4-5,10-11,15H,3,6-9H2,1-2H3. The Bertz CT molecular complexity index is 353. The number of nitrogens with one attached hydrogen (secondary N) is 1. The highest BCUT2D eigenvalue weighted by atomic mass is 35.5. The molecule has 0 spiro atoms. The molecule has 0 aromatic carbocycles. The molecule has 1 aromatic rings. The van der Waals surface area contributed by atoms with Crippen molar-refractivity contribution in [2.45, 2.75) is 45.3 Å². The monoisotopic (exact) mass is 272 g/mol. The van der Waals surface area contributed by atoms with Crippen molar-refractivity contribution in [2.75, 3.05) is 13.1 Å². The summed E-state index contributed by atoms with van der Waals surface area (Å²) in [5.41, 5.74) is 0. The number of hydrogen-bond acceptors (Lipinski definition) is 3. The lowest BCUT2D eigenvalue weighted by Gasteiger charge is -2.37. The first-order valence-electron chi connectivity index (χ1n) is 6.40. The van der Waals surface area contributed by atoms with E-state index in [2.05, 4.69) is 30.1 Å². The van der Waals surface area contributed by atoms with E-state index in [0.717, 1.165) is 17.4 Å². The molecule has 2 atom stereocenters. The smallest absolute Gasteiger partial charge is 0.0931 e. The maximum absolute atomic E-state index is 5.97. The molecule has 17 heavy (non-hydrogen) atoms. The second-order valence-electron chi connectivity index (χ2n) is 4.80. The second kappa shape index (κ2) is 6.19. The van der Waals surface area contributed by atoms with E-state index in [9.17, 15) is 0 Å². The Balaban J connectivity index is 1.87. The Hall–Kier alpha value is -0.0900. The van der Waals surface area contributed by atoms with Gasteiger partial charge in [-0.25, -0.2) is 0 Å². The van der Waals surface area contributed by atoms with Gasteiger partial charge in [0, 0.05) is 30.1 Å². The summed E-state index contributed by atoms with van der Waals surface area (Å²) < 4.78 is 0.898. The molecule has 2 rings (SSSR count). The van der Waals surface area contributed by atoms with E-state index in [0.29, 0.717) is 12.1 Å². The van der Waals surface area contributed by atoms with Gasteiger partial charge in [0.25, 0.3) is 0 Å². The summed E-state index contributed by atoms with van der Waals surface area (Å²) in [5, 5.41) is 3.56.